The van der Waals surface area contributed by atoms with Crippen LogP contribution in [0.25, 0.3) is 0 Å². The molecule has 1 fully saturated rings. The molecule has 2 aromatic heterocycles. The zero-order valence-electron chi connectivity index (χ0n) is 19.1. The van der Waals surface area contributed by atoms with E-state index in [-0.39, 0.29) is 12.3 Å². The highest BCUT2D eigenvalue weighted by Gasteiger charge is 2.18. The van der Waals surface area contributed by atoms with Gasteiger partial charge in [0.2, 0.25) is 5.91 Å². The number of halogens is 1. The largest absolute Gasteiger partial charge is 0.356 e. The summed E-state index contributed by atoms with van der Waals surface area (Å²) in [4.78, 5) is 25.1. The number of hydrogen-bond acceptors (Lipinski definition) is 7. The van der Waals surface area contributed by atoms with Crippen molar-refractivity contribution in [3.05, 3.63) is 76.9 Å². The molecular weight excluding hydrogens is 482 g/mol. The number of aromatic amines is 1. The Bertz CT molecular complexity index is 1340. The minimum Gasteiger partial charge on any atom is -0.356 e. The van der Waals surface area contributed by atoms with Gasteiger partial charge in [0.05, 0.1) is 12.1 Å². The number of aromatic nitrogens is 4. The van der Waals surface area contributed by atoms with Gasteiger partial charge in [0.25, 0.3) is 0 Å². The molecule has 178 valence electrons. The Morgan fingerprint density at radius 2 is 1.91 bits per heavy atom. The van der Waals surface area contributed by atoms with Gasteiger partial charge in [-0.3, -0.25) is 9.89 Å². The molecule has 35 heavy (non-hydrogen) atoms. The number of nitrogens with zero attached hydrogens (tertiary/aromatic N) is 4. The lowest BCUT2D eigenvalue weighted by Gasteiger charge is -2.32. The van der Waals surface area contributed by atoms with Crippen LogP contribution >= 0.6 is 23.4 Å². The van der Waals surface area contributed by atoms with Gasteiger partial charge in [-0.2, -0.15) is 5.10 Å². The lowest BCUT2D eigenvalue weighted by molar-refractivity contribution is -0.115. The first-order chi connectivity index (χ1) is 17.0. The van der Waals surface area contributed by atoms with Gasteiger partial charge in [0.15, 0.2) is 5.16 Å². The SMILES string of the molecule is Cc1cc(Nc2cc(N3CCC3)nc(Sc3ccc(NC(=O)Cc4ccccc4Cl)cc3)n2)[nH]n1. The Balaban J connectivity index is 1.27. The van der Waals surface area contributed by atoms with E-state index in [1.54, 1.807) is 6.07 Å². The Morgan fingerprint density at radius 1 is 1.11 bits per heavy atom. The molecular formula is C25H24ClN7OS. The highest BCUT2D eigenvalue weighted by Crippen LogP contribution is 2.31. The molecule has 0 atom stereocenters. The van der Waals surface area contributed by atoms with E-state index in [4.69, 9.17) is 16.6 Å². The number of aryl methyl sites for hydroxylation is 1. The van der Waals surface area contributed by atoms with Crippen LogP contribution in [0.1, 0.15) is 17.7 Å². The number of benzene rings is 2. The summed E-state index contributed by atoms with van der Waals surface area (Å²) in [5, 5.41) is 14.6. The number of carbonyl (C=O) groups is 1. The number of amides is 1. The predicted molar refractivity (Wildman–Crippen MR) is 140 cm³/mol. The standard InChI is InChI=1S/C25H24ClN7OS/c1-16-13-22(32-31-16)28-21-15-23(33-11-4-12-33)30-25(29-21)35-19-9-7-18(8-10-19)27-24(34)14-17-5-2-3-6-20(17)26/h2-3,5-10,13,15H,4,11-12,14H2,1H3,(H,27,34)(H2,28,29,30,31,32). The average Bonchev–Trinajstić information content (AvgIpc) is 3.20. The Morgan fingerprint density at radius 3 is 2.60 bits per heavy atom. The molecule has 0 radical (unpaired) electrons. The van der Waals surface area contributed by atoms with E-state index >= 15 is 0 Å². The van der Waals surface area contributed by atoms with Crippen molar-refractivity contribution < 1.29 is 4.79 Å². The number of hydrogen-bond donors (Lipinski definition) is 3. The number of nitrogens with one attached hydrogen (secondary N) is 3. The van der Waals surface area contributed by atoms with Crippen molar-refractivity contribution in [1.29, 1.82) is 0 Å². The van der Waals surface area contributed by atoms with E-state index < -0.39 is 0 Å². The van der Waals surface area contributed by atoms with Crippen molar-refractivity contribution in [3.8, 4) is 0 Å². The predicted octanol–water partition coefficient (Wildman–Crippen LogP) is 5.45. The molecule has 0 unspecified atom stereocenters. The van der Waals surface area contributed by atoms with Crippen LogP contribution in [0.2, 0.25) is 5.02 Å². The maximum Gasteiger partial charge on any atom is 0.228 e. The van der Waals surface area contributed by atoms with Gasteiger partial charge in [0, 0.05) is 40.8 Å². The van der Waals surface area contributed by atoms with E-state index in [2.05, 4.69) is 30.7 Å². The highest BCUT2D eigenvalue weighted by atomic mass is 35.5. The van der Waals surface area contributed by atoms with E-state index in [9.17, 15) is 4.79 Å². The quantitative estimate of drug-likeness (QED) is 0.274. The fourth-order valence-electron chi connectivity index (χ4n) is 3.59. The van der Waals surface area contributed by atoms with Gasteiger partial charge in [-0.15, -0.1) is 0 Å². The van der Waals surface area contributed by atoms with Crippen molar-refractivity contribution >= 4 is 52.4 Å². The van der Waals surface area contributed by atoms with Crippen LogP contribution in [0.5, 0.6) is 0 Å². The highest BCUT2D eigenvalue weighted by molar-refractivity contribution is 7.99. The Hall–Kier alpha value is -3.56. The van der Waals surface area contributed by atoms with Gasteiger partial charge >= 0.3 is 0 Å². The van der Waals surface area contributed by atoms with E-state index in [0.717, 1.165) is 46.6 Å². The number of H-pyrrole nitrogens is 1. The minimum absolute atomic E-state index is 0.117. The summed E-state index contributed by atoms with van der Waals surface area (Å²) in [6, 6.07) is 18.9. The molecule has 5 rings (SSSR count). The molecule has 0 saturated carbocycles. The minimum atomic E-state index is -0.117. The second kappa shape index (κ2) is 10.4. The van der Waals surface area contributed by atoms with Gasteiger partial charge in [-0.05, 0) is 61.0 Å². The molecule has 8 nitrogen and oxygen atoms in total. The van der Waals surface area contributed by atoms with Gasteiger partial charge in [0.1, 0.15) is 17.5 Å². The molecule has 0 aliphatic carbocycles. The van der Waals surface area contributed by atoms with Crippen LogP contribution in [0.4, 0.5) is 23.1 Å². The van der Waals surface area contributed by atoms with E-state index in [0.29, 0.717) is 16.0 Å². The summed E-state index contributed by atoms with van der Waals surface area (Å²) in [7, 11) is 0. The molecule has 4 aromatic rings. The van der Waals surface area contributed by atoms with Crippen molar-refractivity contribution in [2.45, 2.75) is 29.8 Å². The normalized spacial score (nSPS) is 12.8. The molecule has 0 bridgehead atoms. The van der Waals surface area contributed by atoms with Gasteiger partial charge in [-0.25, -0.2) is 9.97 Å². The summed E-state index contributed by atoms with van der Waals surface area (Å²) in [6.07, 6.45) is 1.39. The smallest absolute Gasteiger partial charge is 0.228 e. The van der Waals surface area contributed by atoms with Crippen LogP contribution in [-0.2, 0) is 11.2 Å². The number of rotatable bonds is 8. The van der Waals surface area contributed by atoms with E-state index in [1.165, 1.54) is 18.2 Å². The monoisotopic (exact) mass is 505 g/mol. The fraction of sp³-hybridized carbons (Fsp3) is 0.200. The first-order valence-corrected chi connectivity index (χ1v) is 12.5. The van der Waals surface area contributed by atoms with Crippen molar-refractivity contribution in [2.75, 3.05) is 28.6 Å². The molecule has 3 heterocycles. The Kier molecular flexibility index (Phi) is 6.87. The molecule has 1 amide bonds. The van der Waals surface area contributed by atoms with Crippen LogP contribution in [0.3, 0.4) is 0 Å². The van der Waals surface area contributed by atoms with Crippen LogP contribution < -0.4 is 15.5 Å². The van der Waals surface area contributed by atoms with Crippen LogP contribution in [0, 0.1) is 6.92 Å². The van der Waals surface area contributed by atoms with Gasteiger partial charge < -0.3 is 15.5 Å². The number of carbonyl (C=O) groups excluding carboxylic acids is 1. The molecule has 1 saturated heterocycles. The molecule has 1 aliphatic rings. The number of anilines is 4. The van der Waals surface area contributed by atoms with E-state index in [1.807, 2.05) is 61.5 Å². The zero-order chi connectivity index (χ0) is 24.2. The molecule has 10 heteroatoms. The van der Waals surface area contributed by atoms with Crippen molar-refractivity contribution in [3.63, 3.8) is 0 Å². The topological polar surface area (TPSA) is 98.8 Å². The fourth-order valence-corrected chi connectivity index (χ4v) is 4.55. The third-order valence-corrected chi connectivity index (χ3v) is 6.74. The lowest BCUT2D eigenvalue weighted by atomic mass is 10.1. The molecule has 0 spiro atoms. The third-order valence-electron chi connectivity index (χ3n) is 5.50. The van der Waals surface area contributed by atoms with Crippen molar-refractivity contribution in [1.82, 2.24) is 20.2 Å². The molecule has 2 aromatic carbocycles. The first-order valence-electron chi connectivity index (χ1n) is 11.3. The first kappa shape index (κ1) is 23.2. The lowest BCUT2D eigenvalue weighted by Crippen LogP contribution is -2.37. The Labute approximate surface area is 212 Å². The average molecular weight is 506 g/mol. The van der Waals surface area contributed by atoms with Crippen LogP contribution in [-0.4, -0.2) is 39.2 Å². The zero-order valence-corrected chi connectivity index (χ0v) is 20.7. The van der Waals surface area contributed by atoms with Crippen LogP contribution in [0.15, 0.2) is 70.7 Å². The maximum absolute atomic E-state index is 12.4. The second-order valence-corrected chi connectivity index (χ2v) is 9.67. The molecule has 3 N–H and O–H groups in total. The second-order valence-electron chi connectivity index (χ2n) is 8.23. The summed E-state index contributed by atoms with van der Waals surface area (Å²) in [5.74, 6) is 2.27. The summed E-state index contributed by atoms with van der Waals surface area (Å²) < 4.78 is 0. The third kappa shape index (κ3) is 5.93. The van der Waals surface area contributed by atoms with Crippen molar-refractivity contribution in [2.24, 2.45) is 0 Å². The summed E-state index contributed by atoms with van der Waals surface area (Å²) in [6.45, 7) is 3.91. The summed E-state index contributed by atoms with van der Waals surface area (Å²) in [5.41, 5.74) is 2.42. The summed E-state index contributed by atoms with van der Waals surface area (Å²) >= 11 is 7.63. The van der Waals surface area contributed by atoms with Gasteiger partial charge in [-0.1, -0.05) is 29.8 Å². The maximum atomic E-state index is 12.4. The molecule has 1 aliphatic heterocycles.